The fourth-order valence-electron chi connectivity index (χ4n) is 7.14. The van der Waals surface area contributed by atoms with Crippen LogP contribution in [0.3, 0.4) is 0 Å². The Balaban J connectivity index is 0.000000182. The van der Waals surface area contributed by atoms with E-state index in [2.05, 4.69) is 87.6 Å². The topological polar surface area (TPSA) is 334 Å². The van der Waals surface area contributed by atoms with Crippen LogP contribution in [0.4, 0.5) is 8.78 Å². The molecule has 0 aliphatic heterocycles. The third kappa shape index (κ3) is 13.8. The number of aromatic amines is 2. The number of H-pyrrole nitrogens is 2. The number of carboxylic acids is 6. The van der Waals surface area contributed by atoms with Crippen LogP contribution in [0.15, 0.2) is 183 Å². The average Bonchev–Trinajstić information content (AvgIpc) is 4.25. The van der Waals surface area contributed by atoms with Gasteiger partial charge in [0, 0.05) is 24.8 Å². The van der Waals surface area contributed by atoms with Gasteiger partial charge < -0.3 is 78.5 Å². The van der Waals surface area contributed by atoms with E-state index in [9.17, 15) is 8.78 Å². The average molecular weight is 1000 g/mol. The zero-order valence-corrected chi connectivity index (χ0v) is 37.8. The van der Waals surface area contributed by atoms with E-state index in [1.54, 1.807) is 36.7 Å². The number of nitrogens with zero attached hydrogens (tertiary/aromatic N) is 6. The molecule has 2 unspecified atom stereocenters. The first kappa shape index (κ1) is 52.7. The third-order valence-electron chi connectivity index (χ3n) is 10.3. The van der Waals surface area contributed by atoms with Gasteiger partial charge in [-0.25, -0.2) is 28.7 Å². The largest absolute Gasteiger partial charge is 0.543 e. The zero-order chi connectivity index (χ0) is 53.3. The number of nitrogens with one attached hydrogen (secondary N) is 2. The van der Waals surface area contributed by atoms with Crippen molar-refractivity contribution in [3.8, 4) is 22.8 Å². The van der Waals surface area contributed by atoms with Crippen LogP contribution < -0.4 is 30.6 Å². The number of halogens is 2. The van der Waals surface area contributed by atoms with Gasteiger partial charge in [0.2, 0.25) is 0 Å². The first-order chi connectivity index (χ1) is 35.5. The molecule has 2 atom stereocenters. The highest BCUT2D eigenvalue weighted by Gasteiger charge is 2.19. The van der Waals surface area contributed by atoms with Crippen LogP contribution in [0.2, 0.25) is 0 Å². The van der Waals surface area contributed by atoms with E-state index in [4.69, 9.17) is 59.4 Å². The van der Waals surface area contributed by atoms with Gasteiger partial charge in [-0.05, 0) is 70.8 Å². The van der Waals surface area contributed by atoms with Gasteiger partial charge in [-0.1, -0.05) is 97.1 Å². The number of aliphatic carboxylic acids is 6. The Morgan fingerprint density at radius 3 is 1.04 bits per heavy atom. The van der Waals surface area contributed by atoms with Gasteiger partial charge in [0.15, 0.2) is 0 Å². The number of carbonyl (C=O) groups excluding carboxylic acids is 6. The van der Waals surface area contributed by atoms with Crippen molar-refractivity contribution in [1.29, 1.82) is 0 Å². The Morgan fingerprint density at radius 1 is 0.419 bits per heavy atom. The first-order valence-corrected chi connectivity index (χ1v) is 21.3. The van der Waals surface area contributed by atoms with Crippen LogP contribution in [0.5, 0.6) is 0 Å². The van der Waals surface area contributed by atoms with E-state index >= 15 is 0 Å². The molecule has 20 nitrogen and oxygen atoms in total. The minimum absolute atomic E-state index is 0.00619. The summed E-state index contributed by atoms with van der Waals surface area (Å²) in [6.45, 7) is 0. The predicted molar refractivity (Wildman–Crippen MR) is 245 cm³/mol. The number of hydrogen-bond donors (Lipinski definition) is 2. The second kappa shape index (κ2) is 24.8. The van der Waals surface area contributed by atoms with Crippen LogP contribution in [0, 0.1) is 11.6 Å². The molecule has 22 heteroatoms. The number of carboxylic acid groups (broad SMARTS) is 6. The predicted octanol–water partition coefficient (Wildman–Crippen LogP) is -0.135. The van der Waals surface area contributed by atoms with Crippen molar-refractivity contribution >= 4 is 57.9 Å². The maximum atomic E-state index is 14.1. The van der Waals surface area contributed by atoms with Gasteiger partial charge >= 0.3 is 0 Å². The molecule has 0 radical (unpaired) electrons. The van der Waals surface area contributed by atoms with Gasteiger partial charge in [-0.15, -0.1) is 0 Å². The number of carbonyl (C=O) groups is 6. The lowest BCUT2D eigenvalue weighted by Crippen LogP contribution is -2.42. The molecule has 0 saturated carbocycles. The van der Waals surface area contributed by atoms with E-state index in [1.165, 1.54) is 12.1 Å². The van der Waals surface area contributed by atoms with Crippen molar-refractivity contribution in [3.63, 3.8) is 0 Å². The minimum Gasteiger partial charge on any atom is -0.543 e. The fourth-order valence-corrected chi connectivity index (χ4v) is 7.14. The smallest absolute Gasteiger partial charge is 0.141 e. The molecule has 2 N–H and O–H groups in total. The van der Waals surface area contributed by atoms with Gasteiger partial charge in [-0.3, -0.25) is 0 Å². The Kier molecular flexibility index (Phi) is 17.6. The maximum Gasteiger partial charge on any atom is 0.141 e. The maximum absolute atomic E-state index is 14.1. The Labute approximate surface area is 415 Å². The number of fused-ring (bicyclic) bond motifs is 2. The second-order valence-electron chi connectivity index (χ2n) is 15.1. The Morgan fingerprint density at radius 2 is 0.743 bits per heavy atom. The summed E-state index contributed by atoms with van der Waals surface area (Å²) in [6, 6.07) is 46.1. The van der Waals surface area contributed by atoms with Gasteiger partial charge in [0.05, 0.1) is 93.7 Å². The molecule has 4 heterocycles. The molecule has 6 aromatic carbocycles. The summed E-state index contributed by atoms with van der Waals surface area (Å²) in [4.78, 5) is 77.6. The van der Waals surface area contributed by atoms with Crippen LogP contribution in [-0.4, -0.2) is 74.9 Å². The SMILES string of the molecule is Fc1ccccc1-c1nc2ccc(C(c3ccccc3)n3ccnc3)cc2[nH]1.Fc1ccccc1-c1nc2ccc(C(c3ccccc3)n3ccnc3)cc2[nH]1.O=C([O-])C(=O)[O-].O=C([O-])C(=O)[O-].O=C([O-])C(=O)[O-]. The normalized spacial score (nSPS) is 11.1. The zero-order valence-electron chi connectivity index (χ0n) is 37.8. The van der Waals surface area contributed by atoms with Crippen LogP contribution in [0.25, 0.3) is 44.8 Å². The molecular formula is C52H34F2N8O12-6. The molecular weight excluding hydrogens is 967 g/mol. The molecule has 0 amide bonds. The van der Waals surface area contributed by atoms with Crippen molar-refractivity contribution in [2.45, 2.75) is 12.1 Å². The molecule has 74 heavy (non-hydrogen) atoms. The van der Waals surface area contributed by atoms with Crippen LogP contribution >= 0.6 is 0 Å². The molecule has 4 aromatic heterocycles. The fraction of sp³-hybridized carbons (Fsp3) is 0.0385. The summed E-state index contributed by atoms with van der Waals surface area (Å²) < 4.78 is 32.4. The molecule has 0 spiro atoms. The molecule has 0 fully saturated rings. The highest BCUT2D eigenvalue weighted by Crippen LogP contribution is 2.32. The van der Waals surface area contributed by atoms with Crippen molar-refractivity contribution in [2.24, 2.45) is 0 Å². The van der Waals surface area contributed by atoms with E-state index < -0.39 is 35.8 Å². The summed E-state index contributed by atoms with van der Waals surface area (Å²) in [6.07, 6.45) is 11.1. The Bertz CT molecular complexity index is 3240. The van der Waals surface area contributed by atoms with Crippen LogP contribution in [-0.2, 0) is 28.8 Å². The van der Waals surface area contributed by atoms with Gasteiger partial charge in [0.25, 0.3) is 0 Å². The van der Waals surface area contributed by atoms with E-state index in [0.29, 0.717) is 22.8 Å². The highest BCUT2D eigenvalue weighted by atomic mass is 19.1. The van der Waals surface area contributed by atoms with Gasteiger partial charge in [-0.2, -0.15) is 0 Å². The first-order valence-electron chi connectivity index (χ1n) is 21.3. The molecule has 10 rings (SSSR count). The highest BCUT2D eigenvalue weighted by molar-refractivity contribution is 6.25. The molecule has 374 valence electrons. The lowest BCUT2D eigenvalue weighted by atomic mass is 9.98. The minimum atomic E-state index is -2.19. The number of hydrogen-bond acceptors (Lipinski definition) is 16. The lowest BCUT2D eigenvalue weighted by Gasteiger charge is -2.19. The van der Waals surface area contributed by atoms with Crippen molar-refractivity contribution < 1.29 is 68.2 Å². The second-order valence-corrected chi connectivity index (χ2v) is 15.1. The number of aromatic nitrogens is 8. The standard InChI is InChI=1S/2C23H17FN4.3C2H2O4/c2*24-19-9-5-4-8-18(19)23-26-20-11-10-17(14-21(20)27-23)22(28-13-12-25-15-28)16-6-2-1-3-7-16;3*3-1(4)2(5)6/h2*1-15,22H,(H,26,27);3*(H,3,4)(H,5,6)/p-6. The summed E-state index contributed by atoms with van der Waals surface area (Å²) >= 11 is 0. The molecule has 10 aromatic rings. The number of rotatable bonds is 8. The van der Waals surface area contributed by atoms with E-state index in [1.807, 2.05) is 85.7 Å². The number of imidazole rings is 4. The summed E-state index contributed by atoms with van der Waals surface area (Å²) in [5.41, 5.74) is 8.81. The summed E-state index contributed by atoms with van der Waals surface area (Å²) in [7, 11) is 0. The van der Waals surface area contributed by atoms with E-state index in [-0.39, 0.29) is 23.7 Å². The molecule has 0 aliphatic carbocycles. The molecule has 0 saturated heterocycles. The van der Waals surface area contributed by atoms with E-state index in [0.717, 1.165) is 44.3 Å². The lowest BCUT2D eigenvalue weighted by molar-refractivity contribution is -0.345. The third-order valence-corrected chi connectivity index (χ3v) is 10.3. The quantitative estimate of drug-likeness (QED) is 0.187. The monoisotopic (exact) mass is 1000 g/mol. The summed E-state index contributed by atoms with van der Waals surface area (Å²) in [5, 5.41) is 53.6. The van der Waals surface area contributed by atoms with Crippen molar-refractivity contribution in [3.05, 3.63) is 217 Å². The molecule has 0 aliphatic rings. The number of benzene rings is 6. The van der Waals surface area contributed by atoms with Crippen molar-refractivity contribution in [2.75, 3.05) is 0 Å². The van der Waals surface area contributed by atoms with Crippen LogP contribution in [0.1, 0.15) is 34.3 Å². The molecule has 0 bridgehead atoms. The van der Waals surface area contributed by atoms with Gasteiger partial charge in [0.1, 0.15) is 23.3 Å². The van der Waals surface area contributed by atoms with Crippen molar-refractivity contribution in [1.82, 2.24) is 39.0 Å². The Hall–Kier alpha value is -10.6. The summed E-state index contributed by atoms with van der Waals surface area (Å²) in [5.74, 6) is -12.6.